The van der Waals surface area contributed by atoms with Crippen LogP contribution in [0.5, 0.6) is 0 Å². The van der Waals surface area contributed by atoms with E-state index < -0.39 is 10.0 Å². The molecule has 2 heterocycles. The molecule has 1 N–H and O–H groups in total. The Hall–Kier alpha value is -1.67. The number of aromatic nitrogens is 2. The Labute approximate surface area is 206 Å². The number of nitrogens with zero attached hydrogens (tertiary/aromatic N) is 2. The average Bonchev–Trinajstić information content (AvgIpc) is 2.73. The Morgan fingerprint density at radius 1 is 0.781 bits per heavy atom. The fourth-order valence-corrected chi connectivity index (χ4v) is 5.10. The quantitative estimate of drug-likeness (QED) is 0.287. The molecule has 0 amide bonds. The van der Waals surface area contributed by atoms with Gasteiger partial charge >= 0.3 is 0 Å². The van der Waals surface area contributed by atoms with Crippen LogP contribution in [0.25, 0.3) is 21.5 Å². The number of pyridine rings is 2. The molecule has 2 aromatic carbocycles. The Morgan fingerprint density at radius 2 is 1.28 bits per heavy atom. The third-order valence-electron chi connectivity index (χ3n) is 4.41. The number of aryl methyl sites for hydroxylation is 1. The molecule has 32 heavy (non-hydrogen) atoms. The molecule has 0 radical (unpaired) electrons. The summed E-state index contributed by atoms with van der Waals surface area (Å²) in [6.45, 7) is 5.52. The summed E-state index contributed by atoms with van der Waals surface area (Å²) in [4.78, 5) is 8.03. The zero-order valence-corrected chi connectivity index (χ0v) is 21.2. The highest BCUT2D eigenvalue weighted by Gasteiger charge is 2.17. The van der Waals surface area contributed by atoms with E-state index in [0.717, 1.165) is 16.3 Å². The van der Waals surface area contributed by atoms with Crippen molar-refractivity contribution in [2.75, 3.05) is 0 Å². The molecule has 0 spiro atoms. The largest absolute Gasteiger partial charge is 0.242 e. The van der Waals surface area contributed by atoms with Crippen molar-refractivity contribution in [3.63, 3.8) is 0 Å². The van der Waals surface area contributed by atoms with Crippen LogP contribution in [0.15, 0.2) is 53.7 Å². The van der Waals surface area contributed by atoms with Crippen LogP contribution in [0.1, 0.15) is 19.4 Å². The van der Waals surface area contributed by atoms with Crippen LogP contribution in [0.2, 0.25) is 20.4 Å². The van der Waals surface area contributed by atoms with Crippen LogP contribution in [0, 0.1) is 6.92 Å². The van der Waals surface area contributed by atoms with E-state index in [4.69, 9.17) is 46.4 Å². The molecule has 0 aliphatic heterocycles. The number of sulfonamides is 1. The highest BCUT2D eigenvalue weighted by molar-refractivity contribution is 7.89. The number of nitrogens with one attached hydrogen (secondary N) is 1. The van der Waals surface area contributed by atoms with Crippen LogP contribution < -0.4 is 4.72 Å². The second-order valence-corrected chi connectivity index (χ2v) is 10.6. The van der Waals surface area contributed by atoms with Gasteiger partial charge in [0, 0.05) is 40.0 Å². The zero-order valence-electron chi connectivity index (χ0n) is 17.3. The molecule has 2 aromatic heterocycles. The van der Waals surface area contributed by atoms with E-state index in [1.807, 2.05) is 25.1 Å². The van der Waals surface area contributed by atoms with Crippen molar-refractivity contribution in [1.82, 2.24) is 14.7 Å². The summed E-state index contributed by atoms with van der Waals surface area (Å²) >= 11 is 23.9. The lowest BCUT2D eigenvalue weighted by atomic mass is 10.1. The van der Waals surface area contributed by atoms with Gasteiger partial charge in [-0.15, -0.1) is 0 Å². The van der Waals surface area contributed by atoms with Crippen molar-refractivity contribution in [2.24, 2.45) is 0 Å². The molecular formula is C22H19Cl4N3O2S. The maximum absolute atomic E-state index is 12.1. The first-order valence-electron chi connectivity index (χ1n) is 9.46. The number of hydrogen-bond acceptors (Lipinski definition) is 4. The van der Waals surface area contributed by atoms with Gasteiger partial charge in [-0.1, -0.05) is 70.2 Å². The lowest BCUT2D eigenvalue weighted by Gasteiger charge is -2.10. The monoisotopic (exact) mass is 529 g/mol. The number of hydrogen-bond donors (Lipinski definition) is 1. The van der Waals surface area contributed by atoms with Gasteiger partial charge in [-0.3, -0.25) is 0 Å². The zero-order chi connectivity index (χ0) is 23.6. The second-order valence-electron chi connectivity index (χ2n) is 7.33. The number of benzene rings is 2. The minimum atomic E-state index is -3.56. The van der Waals surface area contributed by atoms with Gasteiger partial charge in [-0.2, -0.15) is 0 Å². The summed E-state index contributed by atoms with van der Waals surface area (Å²) in [5.41, 5.74) is 1.15. The number of rotatable bonds is 3. The van der Waals surface area contributed by atoms with Crippen LogP contribution in [-0.2, 0) is 10.0 Å². The molecule has 0 fully saturated rings. The van der Waals surface area contributed by atoms with E-state index in [1.54, 1.807) is 26.1 Å². The van der Waals surface area contributed by atoms with Gasteiger partial charge < -0.3 is 0 Å². The summed E-state index contributed by atoms with van der Waals surface area (Å²) in [5, 5.41) is 4.84. The van der Waals surface area contributed by atoms with Gasteiger partial charge in [-0.25, -0.2) is 23.1 Å². The molecule has 0 unspecified atom stereocenters. The van der Waals surface area contributed by atoms with Crippen LogP contribution >= 0.6 is 46.4 Å². The first-order valence-corrected chi connectivity index (χ1v) is 12.5. The van der Waals surface area contributed by atoms with Crippen molar-refractivity contribution < 1.29 is 8.42 Å². The van der Waals surface area contributed by atoms with Crippen LogP contribution in [0.4, 0.5) is 0 Å². The molecule has 0 aliphatic rings. The predicted molar refractivity (Wildman–Crippen MR) is 134 cm³/mol. The molecule has 168 valence electrons. The molecule has 0 atom stereocenters. The minimum Gasteiger partial charge on any atom is -0.242 e. The smallest absolute Gasteiger partial charge is 0.240 e. The molecule has 4 rings (SSSR count). The van der Waals surface area contributed by atoms with E-state index in [1.165, 1.54) is 18.3 Å². The van der Waals surface area contributed by atoms with Crippen molar-refractivity contribution in [3.8, 4) is 0 Å². The molecule has 0 saturated carbocycles. The Kier molecular flexibility index (Phi) is 7.86. The normalized spacial score (nSPS) is 11.6. The number of fused-ring (bicyclic) bond motifs is 2. The van der Waals surface area contributed by atoms with Crippen molar-refractivity contribution in [2.45, 2.75) is 31.7 Å². The predicted octanol–water partition coefficient (Wildman–Crippen LogP) is 7.08. The molecule has 4 aromatic rings. The van der Waals surface area contributed by atoms with Crippen LogP contribution in [0.3, 0.4) is 0 Å². The summed E-state index contributed by atoms with van der Waals surface area (Å²) in [6.07, 6.45) is 3.01. The van der Waals surface area contributed by atoms with Gasteiger partial charge in [0.15, 0.2) is 0 Å². The summed E-state index contributed by atoms with van der Waals surface area (Å²) in [7, 11) is -3.56. The topological polar surface area (TPSA) is 72.0 Å². The van der Waals surface area contributed by atoms with E-state index in [2.05, 4.69) is 14.7 Å². The van der Waals surface area contributed by atoms with Crippen molar-refractivity contribution in [3.05, 3.63) is 74.7 Å². The highest BCUT2D eigenvalue weighted by atomic mass is 35.5. The molecule has 0 bridgehead atoms. The molecule has 0 aliphatic carbocycles. The standard InChI is InChI=1S/C12H12Cl2N2O2S.C10H7Cl2N/c1-7(2)16-19(17,18)8-3-4-9-10(5-8)12(14)15-6-11(9)13;1-6-2-3-7-8(4-6)10(12)13-5-9(7)11/h3-7,16H,1-2H3;2-5H,1H3. The maximum atomic E-state index is 12.1. The van der Waals surface area contributed by atoms with Gasteiger partial charge in [0.2, 0.25) is 10.0 Å². The van der Waals surface area contributed by atoms with E-state index in [0.29, 0.717) is 26.0 Å². The van der Waals surface area contributed by atoms with Gasteiger partial charge in [-0.05, 0) is 39.0 Å². The fourth-order valence-electron chi connectivity index (χ4n) is 2.99. The summed E-state index contributed by atoms with van der Waals surface area (Å²) < 4.78 is 26.7. The Bertz CT molecular complexity index is 1410. The van der Waals surface area contributed by atoms with Crippen LogP contribution in [-0.4, -0.2) is 24.4 Å². The van der Waals surface area contributed by atoms with Gasteiger partial charge in [0.1, 0.15) is 10.3 Å². The average molecular weight is 531 g/mol. The lowest BCUT2D eigenvalue weighted by molar-refractivity contribution is 0.570. The molecule has 0 saturated heterocycles. The molecule has 10 heteroatoms. The summed E-state index contributed by atoms with van der Waals surface area (Å²) in [5.74, 6) is 0. The lowest BCUT2D eigenvalue weighted by Crippen LogP contribution is -2.30. The molecular weight excluding hydrogens is 512 g/mol. The third-order valence-corrected chi connectivity index (χ3v) is 7.27. The Morgan fingerprint density at radius 3 is 1.81 bits per heavy atom. The van der Waals surface area contributed by atoms with E-state index >= 15 is 0 Å². The van der Waals surface area contributed by atoms with Crippen molar-refractivity contribution >= 4 is 78.0 Å². The first-order chi connectivity index (χ1) is 15.0. The fraction of sp³-hybridized carbons (Fsp3) is 0.182. The van der Waals surface area contributed by atoms with Gasteiger partial charge in [0.25, 0.3) is 0 Å². The highest BCUT2D eigenvalue weighted by Crippen LogP contribution is 2.30. The summed E-state index contributed by atoms with van der Waals surface area (Å²) in [6, 6.07) is 10.4. The number of halogens is 4. The second kappa shape index (κ2) is 10.1. The van der Waals surface area contributed by atoms with Gasteiger partial charge in [0.05, 0.1) is 14.9 Å². The maximum Gasteiger partial charge on any atom is 0.240 e. The van der Waals surface area contributed by atoms with E-state index in [-0.39, 0.29) is 16.1 Å². The molecule has 5 nitrogen and oxygen atoms in total. The van der Waals surface area contributed by atoms with E-state index in [9.17, 15) is 8.42 Å². The third kappa shape index (κ3) is 5.63. The first kappa shape index (κ1) is 25.0. The van der Waals surface area contributed by atoms with Crippen molar-refractivity contribution in [1.29, 1.82) is 0 Å². The Balaban J connectivity index is 0.000000193. The SMILES string of the molecule is CC(C)NS(=O)(=O)c1ccc2c(Cl)cnc(Cl)c2c1.Cc1ccc2c(Cl)cnc(Cl)c2c1. The minimum absolute atomic E-state index is 0.139.